The van der Waals surface area contributed by atoms with Crippen LogP contribution in [0.25, 0.3) is 0 Å². The molecule has 0 radical (unpaired) electrons. The van der Waals surface area contributed by atoms with Crippen molar-refractivity contribution in [2.45, 2.75) is 25.8 Å². The van der Waals surface area contributed by atoms with Gasteiger partial charge in [-0.15, -0.1) is 0 Å². The van der Waals surface area contributed by atoms with Crippen molar-refractivity contribution in [1.82, 2.24) is 5.32 Å². The van der Waals surface area contributed by atoms with Gasteiger partial charge in [0.25, 0.3) is 0 Å². The number of nitrogens with zero attached hydrogens (tertiary/aromatic N) is 1. The Kier molecular flexibility index (Phi) is 5.96. The highest BCUT2D eigenvalue weighted by molar-refractivity contribution is 5.95. The van der Waals surface area contributed by atoms with Crippen molar-refractivity contribution in [2.24, 2.45) is 0 Å². The Morgan fingerprint density at radius 2 is 1.70 bits per heavy atom. The molecule has 0 unspecified atom stereocenters. The molecule has 0 spiro atoms. The van der Waals surface area contributed by atoms with Gasteiger partial charge in [0.2, 0.25) is 11.8 Å². The molecule has 142 valence electrons. The highest BCUT2D eigenvalue weighted by Gasteiger charge is 2.21. The number of hydrogen-bond donors (Lipinski definition) is 1. The van der Waals surface area contributed by atoms with Gasteiger partial charge in [0.05, 0.1) is 20.6 Å². The predicted molar refractivity (Wildman–Crippen MR) is 103 cm³/mol. The van der Waals surface area contributed by atoms with Crippen molar-refractivity contribution in [3.63, 3.8) is 0 Å². The summed E-state index contributed by atoms with van der Waals surface area (Å²) in [5.74, 6) is 1.47. The second-order valence-electron chi connectivity index (χ2n) is 6.49. The molecule has 0 aliphatic carbocycles. The Bertz CT molecular complexity index is 795. The van der Waals surface area contributed by atoms with Crippen molar-refractivity contribution in [3.8, 4) is 11.5 Å². The molecule has 6 nitrogen and oxygen atoms in total. The van der Waals surface area contributed by atoms with Crippen LogP contribution in [-0.4, -0.2) is 32.6 Å². The van der Waals surface area contributed by atoms with Crippen molar-refractivity contribution >= 4 is 17.5 Å². The van der Waals surface area contributed by atoms with Gasteiger partial charge in [-0.2, -0.15) is 0 Å². The van der Waals surface area contributed by atoms with Crippen molar-refractivity contribution < 1.29 is 19.1 Å². The molecular weight excluding hydrogens is 344 g/mol. The number of carbonyl (C=O) groups is 2. The Morgan fingerprint density at radius 3 is 2.26 bits per heavy atom. The zero-order valence-electron chi connectivity index (χ0n) is 15.7. The maximum Gasteiger partial charge on any atom is 0.227 e. The van der Waals surface area contributed by atoms with Gasteiger partial charge >= 0.3 is 0 Å². The number of nitrogens with one attached hydrogen (secondary N) is 1. The molecule has 6 heteroatoms. The first-order valence-corrected chi connectivity index (χ1v) is 8.97. The van der Waals surface area contributed by atoms with E-state index in [1.807, 2.05) is 36.4 Å². The van der Waals surface area contributed by atoms with Crippen LogP contribution < -0.4 is 19.7 Å². The van der Waals surface area contributed by atoms with E-state index in [2.05, 4.69) is 5.32 Å². The first-order valence-electron chi connectivity index (χ1n) is 8.97. The molecule has 1 aliphatic heterocycles. The van der Waals surface area contributed by atoms with E-state index in [9.17, 15) is 9.59 Å². The van der Waals surface area contributed by atoms with Crippen LogP contribution in [0.1, 0.15) is 24.0 Å². The molecule has 0 atom stereocenters. The van der Waals surface area contributed by atoms with Gasteiger partial charge in [-0.1, -0.05) is 12.1 Å². The van der Waals surface area contributed by atoms with E-state index in [1.165, 1.54) is 0 Å². The third kappa shape index (κ3) is 4.78. The van der Waals surface area contributed by atoms with Crippen LogP contribution in [0.2, 0.25) is 0 Å². The fourth-order valence-electron chi connectivity index (χ4n) is 3.13. The number of ether oxygens (including phenoxy) is 2. The minimum atomic E-state index is -0.0678. The standard InChI is InChI=1S/C21H24N2O4/c1-26-18-10-16(11-19(13-18)27-2)14-22-20(24)12-15-5-7-17(8-6-15)23-9-3-4-21(23)25/h5-8,10-11,13H,3-4,9,12,14H2,1-2H3,(H,22,24). The molecule has 1 heterocycles. The number of anilines is 1. The molecule has 1 N–H and O–H groups in total. The van der Waals surface area contributed by atoms with Crippen molar-refractivity contribution in [1.29, 1.82) is 0 Å². The maximum atomic E-state index is 12.2. The molecule has 2 aromatic carbocycles. The van der Waals surface area contributed by atoms with E-state index in [-0.39, 0.29) is 18.2 Å². The topological polar surface area (TPSA) is 67.9 Å². The number of methoxy groups -OCH3 is 2. The summed E-state index contributed by atoms with van der Waals surface area (Å²) >= 11 is 0. The largest absolute Gasteiger partial charge is 0.497 e. The van der Waals surface area contributed by atoms with E-state index in [0.29, 0.717) is 24.5 Å². The molecular formula is C21H24N2O4. The molecule has 2 amide bonds. The van der Waals surface area contributed by atoms with Gasteiger partial charge in [-0.05, 0) is 41.8 Å². The van der Waals surface area contributed by atoms with Gasteiger partial charge in [-0.25, -0.2) is 0 Å². The molecule has 1 saturated heterocycles. The van der Waals surface area contributed by atoms with Crippen LogP contribution in [0.3, 0.4) is 0 Å². The van der Waals surface area contributed by atoms with Gasteiger partial charge in [0.1, 0.15) is 11.5 Å². The molecule has 2 aromatic rings. The van der Waals surface area contributed by atoms with E-state index < -0.39 is 0 Å². The third-order valence-corrected chi connectivity index (χ3v) is 4.59. The summed E-state index contributed by atoms with van der Waals surface area (Å²) in [4.78, 5) is 25.8. The third-order valence-electron chi connectivity index (χ3n) is 4.59. The molecule has 1 fully saturated rings. The van der Waals surface area contributed by atoms with E-state index in [0.717, 1.165) is 29.8 Å². The lowest BCUT2D eigenvalue weighted by Gasteiger charge is -2.16. The zero-order chi connectivity index (χ0) is 19.2. The first-order chi connectivity index (χ1) is 13.1. The monoisotopic (exact) mass is 368 g/mol. The molecule has 3 rings (SSSR count). The second-order valence-corrected chi connectivity index (χ2v) is 6.49. The average Bonchev–Trinajstić information content (AvgIpc) is 3.12. The zero-order valence-corrected chi connectivity index (χ0v) is 15.7. The number of benzene rings is 2. The minimum Gasteiger partial charge on any atom is -0.497 e. The fraction of sp³-hybridized carbons (Fsp3) is 0.333. The highest BCUT2D eigenvalue weighted by Crippen LogP contribution is 2.23. The summed E-state index contributed by atoms with van der Waals surface area (Å²) < 4.78 is 10.5. The molecule has 27 heavy (non-hydrogen) atoms. The molecule has 0 saturated carbocycles. The minimum absolute atomic E-state index is 0.0678. The van der Waals surface area contributed by atoms with Crippen LogP contribution in [0.15, 0.2) is 42.5 Å². The van der Waals surface area contributed by atoms with E-state index >= 15 is 0 Å². The van der Waals surface area contributed by atoms with Crippen LogP contribution in [0.5, 0.6) is 11.5 Å². The van der Waals surface area contributed by atoms with Crippen molar-refractivity contribution in [2.75, 3.05) is 25.7 Å². The summed E-state index contributed by atoms with van der Waals surface area (Å²) in [5.41, 5.74) is 2.71. The van der Waals surface area contributed by atoms with Gasteiger partial charge in [0.15, 0.2) is 0 Å². The van der Waals surface area contributed by atoms with Crippen LogP contribution >= 0.6 is 0 Å². The maximum absolute atomic E-state index is 12.2. The summed E-state index contributed by atoms with van der Waals surface area (Å²) in [7, 11) is 3.19. The summed E-state index contributed by atoms with van der Waals surface area (Å²) in [6.45, 7) is 1.16. The van der Waals surface area contributed by atoms with Gasteiger partial charge in [-0.3, -0.25) is 9.59 Å². The Hall–Kier alpha value is -3.02. The summed E-state index contributed by atoms with van der Waals surface area (Å²) in [6.07, 6.45) is 1.80. The fourth-order valence-corrected chi connectivity index (χ4v) is 3.13. The van der Waals surface area contributed by atoms with Gasteiger partial charge in [0, 0.05) is 31.3 Å². The molecule has 0 bridgehead atoms. The lowest BCUT2D eigenvalue weighted by Crippen LogP contribution is -2.25. The second kappa shape index (κ2) is 8.58. The normalized spacial score (nSPS) is 13.6. The lowest BCUT2D eigenvalue weighted by molar-refractivity contribution is -0.120. The predicted octanol–water partition coefficient (Wildman–Crippen LogP) is 2.69. The highest BCUT2D eigenvalue weighted by atomic mass is 16.5. The summed E-state index contributed by atoms with van der Waals surface area (Å²) in [6, 6.07) is 13.1. The number of rotatable bonds is 7. The van der Waals surface area contributed by atoms with Crippen LogP contribution in [0, 0.1) is 0 Å². The molecule has 1 aliphatic rings. The number of amides is 2. The Labute approximate surface area is 159 Å². The van der Waals surface area contributed by atoms with Crippen LogP contribution in [-0.2, 0) is 22.6 Å². The van der Waals surface area contributed by atoms with E-state index in [4.69, 9.17) is 9.47 Å². The molecule has 0 aromatic heterocycles. The van der Waals surface area contributed by atoms with Crippen molar-refractivity contribution in [3.05, 3.63) is 53.6 Å². The van der Waals surface area contributed by atoms with E-state index in [1.54, 1.807) is 25.2 Å². The lowest BCUT2D eigenvalue weighted by atomic mass is 10.1. The summed E-state index contributed by atoms with van der Waals surface area (Å²) in [5, 5.41) is 2.91. The quantitative estimate of drug-likeness (QED) is 0.816. The first kappa shape index (κ1) is 18.8. The SMILES string of the molecule is COc1cc(CNC(=O)Cc2ccc(N3CCCC3=O)cc2)cc(OC)c1. The number of hydrogen-bond acceptors (Lipinski definition) is 4. The van der Waals surface area contributed by atoms with Gasteiger partial charge < -0.3 is 19.7 Å². The smallest absolute Gasteiger partial charge is 0.227 e. The Morgan fingerprint density at radius 1 is 1.04 bits per heavy atom. The Balaban J connectivity index is 1.55. The average molecular weight is 368 g/mol. The van der Waals surface area contributed by atoms with Crippen LogP contribution in [0.4, 0.5) is 5.69 Å². The number of carbonyl (C=O) groups excluding carboxylic acids is 2.